The number of hydrogen-bond donors (Lipinski definition) is 1. The highest BCUT2D eigenvalue weighted by Crippen LogP contribution is 2.19. The Morgan fingerprint density at radius 1 is 1.46 bits per heavy atom. The third-order valence-electron chi connectivity index (χ3n) is 1.96. The molecular formula is C10H19Cl2N. The zero-order chi connectivity index (χ0) is 10.3. The Labute approximate surface area is 91.5 Å². The molecular weight excluding hydrogens is 205 g/mol. The van der Waals surface area contributed by atoms with Gasteiger partial charge in [0.05, 0.1) is 0 Å². The summed E-state index contributed by atoms with van der Waals surface area (Å²) in [6.07, 6.45) is 1.03. The Hall–Kier alpha value is 0.280. The highest BCUT2D eigenvalue weighted by molar-refractivity contribution is 6.25. The van der Waals surface area contributed by atoms with Gasteiger partial charge in [0, 0.05) is 24.5 Å². The van der Waals surface area contributed by atoms with Gasteiger partial charge in [-0.15, -0.1) is 11.6 Å². The molecule has 0 aliphatic rings. The summed E-state index contributed by atoms with van der Waals surface area (Å²) in [6.45, 7) is 8.26. The van der Waals surface area contributed by atoms with Gasteiger partial charge in [-0.3, -0.25) is 0 Å². The maximum atomic E-state index is 5.69. The highest BCUT2D eigenvalue weighted by Gasteiger charge is 2.15. The molecule has 0 spiro atoms. The van der Waals surface area contributed by atoms with E-state index in [0.717, 1.165) is 31.0 Å². The van der Waals surface area contributed by atoms with E-state index >= 15 is 0 Å². The third-order valence-corrected chi connectivity index (χ3v) is 2.53. The zero-order valence-corrected chi connectivity index (χ0v) is 10.2. The van der Waals surface area contributed by atoms with Crippen LogP contribution in [0.4, 0.5) is 0 Å². The Morgan fingerprint density at radius 2 is 2.08 bits per heavy atom. The first-order valence-corrected chi connectivity index (χ1v) is 5.51. The van der Waals surface area contributed by atoms with E-state index in [1.807, 2.05) is 6.92 Å². The third kappa shape index (κ3) is 7.36. The van der Waals surface area contributed by atoms with Crippen molar-refractivity contribution in [3.63, 3.8) is 0 Å². The average molecular weight is 224 g/mol. The maximum absolute atomic E-state index is 5.69. The van der Waals surface area contributed by atoms with Crippen molar-refractivity contribution < 1.29 is 0 Å². The molecule has 78 valence electrons. The van der Waals surface area contributed by atoms with Gasteiger partial charge < -0.3 is 5.32 Å². The van der Waals surface area contributed by atoms with Crippen molar-refractivity contribution in [2.75, 3.05) is 19.0 Å². The van der Waals surface area contributed by atoms with E-state index < -0.39 is 0 Å². The second-order valence-electron chi connectivity index (χ2n) is 4.16. The first-order valence-electron chi connectivity index (χ1n) is 4.54. The van der Waals surface area contributed by atoms with Crippen LogP contribution in [0.5, 0.6) is 0 Å². The summed E-state index contributed by atoms with van der Waals surface area (Å²) >= 11 is 11.2. The number of hydrogen-bond acceptors (Lipinski definition) is 1. The molecule has 0 aromatic carbocycles. The van der Waals surface area contributed by atoms with Gasteiger partial charge in [-0.25, -0.2) is 0 Å². The van der Waals surface area contributed by atoms with Gasteiger partial charge in [0.15, 0.2) is 0 Å². The number of halogens is 2. The van der Waals surface area contributed by atoms with E-state index in [9.17, 15) is 0 Å². The number of nitrogens with one attached hydrogen (secondary N) is 1. The molecule has 1 nitrogen and oxygen atoms in total. The zero-order valence-electron chi connectivity index (χ0n) is 8.66. The number of rotatable bonds is 6. The lowest BCUT2D eigenvalue weighted by molar-refractivity contribution is 0.335. The molecule has 0 aromatic heterocycles. The molecule has 0 rings (SSSR count). The fraction of sp³-hybridized carbons (Fsp3) is 0.800. The first kappa shape index (κ1) is 13.3. The van der Waals surface area contributed by atoms with Crippen LogP contribution in [0.3, 0.4) is 0 Å². The summed E-state index contributed by atoms with van der Waals surface area (Å²) in [5.41, 5.74) is 3.04. The van der Waals surface area contributed by atoms with E-state index in [1.54, 1.807) is 5.54 Å². The molecule has 0 unspecified atom stereocenters. The second-order valence-corrected chi connectivity index (χ2v) is 4.76. The largest absolute Gasteiger partial charge is 0.312 e. The van der Waals surface area contributed by atoms with Crippen LogP contribution in [0.15, 0.2) is 11.1 Å². The predicted molar refractivity (Wildman–Crippen MR) is 61.6 cm³/mol. The lowest BCUT2D eigenvalue weighted by Crippen LogP contribution is -2.30. The molecule has 0 aromatic rings. The molecule has 13 heavy (non-hydrogen) atoms. The Bertz CT molecular complexity index is 164. The van der Waals surface area contributed by atoms with Crippen LogP contribution in [-0.2, 0) is 0 Å². The predicted octanol–water partition coefficient (Wildman–Crippen LogP) is 3.37. The Balaban J connectivity index is 3.63. The van der Waals surface area contributed by atoms with E-state index in [-0.39, 0.29) is 5.41 Å². The maximum Gasteiger partial charge on any atom is 0.0229 e. The highest BCUT2D eigenvalue weighted by atomic mass is 35.5. The standard InChI is InChI=1S/C10H19Cl2N/c1-9(6-12)7-13-8-10(2,3)4-5-11/h6,13H,4-5,7-8H2,1-3H3. The molecule has 0 saturated heterocycles. The van der Waals surface area contributed by atoms with Crippen LogP contribution in [0.1, 0.15) is 27.2 Å². The Morgan fingerprint density at radius 3 is 2.54 bits per heavy atom. The van der Waals surface area contributed by atoms with Crippen LogP contribution in [-0.4, -0.2) is 19.0 Å². The van der Waals surface area contributed by atoms with Crippen molar-refractivity contribution in [3.05, 3.63) is 11.1 Å². The van der Waals surface area contributed by atoms with Crippen molar-refractivity contribution in [3.8, 4) is 0 Å². The minimum absolute atomic E-state index is 0.272. The van der Waals surface area contributed by atoms with Gasteiger partial charge in [-0.1, -0.05) is 25.4 Å². The first-order chi connectivity index (χ1) is 6.02. The summed E-state index contributed by atoms with van der Waals surface area (Å²) in [5, 5.41) is 3.35. The summed E-state index contributed by atoms with van der Waals surface area (Å²) in [4.78, 5) is 0. The van der Waals surface area contributed by atoms with Gasteiger partial charge >= 0.3 is 0 Å². The topological polar surface area (TPSA) is 12.0 Å². The summed E-state index contributed by atoms with van der Waals surface area (Å²) in [7, 11) is 0. The molecule has 0 heterocycles. The monoisotopic (exact) mass is 223 g/mol. The van der Waals surface area contributed by atoms with Crippen molar-refractivity contribution in [2.24, 2.45) is 5.41 Å². The molecule has 0 radical (unpaired) electrons. The van der Waals surface area contributed by atoms with Crippen LogP contribution in [0, 0.1) is 5.41 Å². The Kier molecular flexibility index (Phi) is 6.84. The van der Waals surface area contributed by atoms with E-state index in [4.69, 9.17) is 23.2 Å². The summed E-state index contributed by atoms with van der Waals surface area (Å²) in [6, 6.07) is 0. The van der Waals surface area contributed by atoms with E-state index in [2.05, 4.69) is 19.2 Å². The molecule has 0 aliphatic carbocycles. The minimum Gasteiger partial charge on any atom is -0.312 e. The van der Waals surface area contributed by atoms with Crippen LogP contribution < -0.4 is 5.32 Å². The van der Waals surface area contributed by atoms with Crippen molar-refractivity contribution >= 4 is 23.2 Å². The molecule has 0 atom stereocenters. The normalized spacial score (nSPS) is 13.5. The van der Waals surface area contributed by atoms with E-state index in [1.165, 1.54) is 0 Å². The van der Waals surface area contributed by atoms with Gasteiger partial charge in [-0.05, 0) is 24.3 Å². The molecule has 0 amide bonds. The second kappa shape index (κ2) is 6.69. The molecule has 0 fully saturated rings. The molecule has 1 N–H and O–H groups in total. The van der Waals surface area contributed by atoms with Crippen LogP contribution in [0.2, 0.25) is 0 Å². The molecule has 0 saturated carbocycles. The summed E-state index contributed by atoms with van der Waals surface area (Å²) < 4.78 is 0. The van der Waals surface area contributed by atoms with E-state index in [0.29, 0.717) is 0 Å². The quantitative estimate of drug-likeness (QED) is 0.682. The minimum atomic E-state index is 0.272. The fourth-order valence-corrected chi connectivity index (χ4v) is 1.57. The lowest BCUT2D eigenvalue weighted by Gasteiger charge is -2.23. The molecule has 0 bridgehead atoms. The van der Waals surface area contributed by atoms with Crippen LogP contribution >= 0.6 is 23.2 Å². The van der Waals surface area contributed by atoms with Gasteiger partial charge in [-0.2, -0.15) is 0 Å². The van der Waals surface area contributed by atoms with Crippen molar-refractivity contribution in [2.45, 2.75) is 27.2 Å². The van der Waals surface area contributed by atoms with Gasteiger partial charge in [0.1, 0.15) is 0 Å². The smallest absolute Gasteiger partial charge is 0.0229 e. The van der Waals surface area contributed by atoms with Gasteiger partial charge in [0.25, 0.3) is 0 Å². The van der Waals surface area contributed by atoms with Crippen LogP contribution in [0.25, 0.3) is 0 Å². The summed E-state index contributed by atoms with van der Waals surface area (Å²) in [5.74, 6) is 0.721. The number of alkyl halides is 1. The lowest BCUT2D eigenvalue weighted by atomic mass is 9.90. The van der Waals surface area contributed by atoms with Crippen molar-refractivity contribution in [1.29, 1.82) is 0 Å². The average Bonchev–Trinajstić information content (AvgIpc) is 2.03. The molecule has 0 aliphatic heterocycles. The molecule has 3 heteroatoms. The van der Waals surface area contributed by atoms with Gasteiger partial charge in [0.2, 0.25) is 0 Å². The van der Waals surface area contributed by atoms with Crippen molar-refractivity contribution in [1.82, 2.24) is 5.32 Å². The SMILES string of the molecule is CC(=CCl)CNCC(C)(C)CCCl. The fourth-order valence-electron chi connectivity index (χ4n) is 0.981.